The van der Waals surface area contributed by atoms with Crippen molar-refractivity contribution in [2.75, 3.05) is 13.1 Å². The lowest BCUT2D eigenvalue weighted by atomic mass is 10.2. The lowest BCUT2D eigenvalue weighted by Gasteiger charge is -2.38. The minimum absolute atomic E-state index is 0.156. The van der Waals surface area contributed by atoms with Crippen LogP contribution in [0, 0.1) is 0 Å². The fourth-order valence-corrected chi connectivity index (χ4v) is 3.29. The van der Waals surface area contributed by atoms with Gasteiger partial charge in [0.2, 0.25) is 0 Å². The Morgan fingerprint density at radius 1 is 1.15 bits per heavy atom. The first-order chi connectivity index (χ1) is 8.82. The van der Waals surface area contributed by atoms with Crippen LogP contribution >= 0.6 is 0 Å². The second-order valence-electron chi connectivity index (χ2n) is 8.22. The van der Waals surface area contributed by atoms with Crippen LogP contribution in [0.4, 0.5) is 4.79 Å². The van der Waals surface area contributed by atoms with E-state index in [4.69, 9.17) is 9.16 Å². The molecule has 1 aliphatic heterocycles. The van der Waals surface area contributed by atoms with Crippen LogP contribution in [0.1, 0.15) is 48.0 Å². The SMILES string of the molecule is CC(C)(C)OC(=O)N1CC[C@@H](O[Si](C)(C)C(C)(C)C)C1. The quantitative estimate of drug-likeness (QED) is 0.723. The monoisotopic (exact) mass is 301 g/mol. The molecular formula is C15H31NO3Si. The molecule has 0 aromatic carbocycles. The summed E-state index contributed by atoms with van der Waals surface area (Å²) in [6.45, 7) is 18.3. The lowest BCUT2D eigenvalue weighted by Crippen LogP contribution is -2.45. The molecule has 1 aliphatic rings. The van der Waals surface area contributed by atoms with E-state index in [-0.39, 0.29) is 17.2 Å². The van der Waals surface area contributed by atoms with E-state index in [1.165, 1.54) is 0 Å². The van der Waals surface area contributed by atoms with Gasteiger partial charge in [0.15, 0.2) is 8.32 Å². The second-order valence-corrected chi connectivity index (χ2v) is 13.0. The van der Waals surface area contributed by atoms with Gasteiger partial charge in [-0.1, -0.05) is 20.8 Å². The molecular weight excluding hydrogens is 270 g/mol. The molecule has 0 aliphatic carbocycles. The van der Waals surface area contributed by atoms with Crippen molar-refractivity contribution < 1.29 is 14.0 Å². The van der Waals surface area contributed by atoms with Crippen molar-refractivity contribution in [3.05, 3.63) is 0 Å². The Labute approximate surface area is 124 Å². The van der Waals surface area contributed by atoms with E-state index >= 15 is 0 Å². The highest BCUT2D eigenvalue weighted by Gasteiger charge is 2.41. The van der Waals surface area contributed by atoms with Gasteiger partial charge in [-0.2, -0.15) is 0 Å². The maximum absolute atomic E-state index is 12.0. The third kappa shape index (κ3) is 4.77. The van der Waals surface area contributed by atoms with Crippen LogP contribution in [0.5, 0.6) is 0 Å². The Balaban J connectivity index is 2.54. The van der Waals surface area contributed by atoms with Crippen LogP contribution in [0.2, 0.25) is 18.1 Å². The van der Waals surface area contributed by atoms with Gasteiger partial charge < -0.3 is 14.1 Å². The Morgan fingerprint density at radius 2 is 1.70 bits per heavy atom. The van der Waals surface area contributed by atoms with Gasteiger partial charge in [0, 0.05) is 13.1 Å². The summed E-state index contributed by atoms with van der Waals surface area (Å²) >= 11 is 0. The van der Waals surface area contributed by atoms with Gasteiger partial charge in [-0.05, 0) is 45.3 Å². The van der Waals surface area contributed by atoms with Crippen LogP contribution < -0.4 is 0 Å². The van der Waals surface area contributed by atoms with E-state index in [9.17, 15) is 4.79 Å². The standard InChI is InChI=1S/C15H31NO3Si/c1-14(2,3)18-13(17)16-10-9-12(11-16)19-20(7,8)15(4,5)6/h12H,9-11H2,1-8H3/t12-/m1/s1. The highest BCUT2D eigenvalue weighted by molar-refractivity contribution is 6.74. The summed E-state index contributed by atoms with van der Waals surface area (Å²) in [5.74, 6) is 0. The van der Waals surface area contributed by atoms with Gasteiger partial charge in [0.05, 0.1) is 6.10 Å². The summed E-state index contributed by atoms with van der Waals surface area (Å²) in [6, 6.07) is 0. The molecule has 1 fully saturated rings. The van der Waals surface area contributed by atoms with E-state index in [1.807, 2.05) is 20.8 Å². The maximum Gasteiger partial charge on any atom is 0.410 e. The van der Waals surface area contributed by atoms with Gasteiger partial charge in [0.25, 0.3) is 0 Å². The van der Waals surface area contributed by atoms with E-state index in [0.717, 1.165) is 13.0 Å². The van der Waals surface area contributed by atoms with Crippen LogP contribution in [0.15, 0.2) is 0 Å². The molecule has 1 amide bonds. The third-order valence-electron chi connectivity index (χ3n) is 4.06. The smallest absolute Gasteiger partial charge is 0.410 e. The van der Waals surface area contributed by atoms with Crippen molar-refractivity contribution in [1.82, 2.24) is 4.90 Å². The first-order valence-corrected chi connectivity index (χ1v) is 10.4. The molecule has 118 valence electrons. The van der Waals surface area contributed by atoms with Crippen molar-refractivity contribution in [2.45, 2.75) is 77.8 Å². The zero-order chi connectivity index (χ0) is 15.8. The normalized spacial score (nSPS) is 21.2. The fraction of sp³-hybridized carbons (Fsp3) is 0.933. The van der Waals surface area contributed by atoms with E-state index in [0.29, 0.717) is 6.54 Å². The highest BCUT2D eigenvalue weighted by Crippen LogP contribution is 2.38. The number of hydrogen-bond acceptors (Lipinski definition) is 3. The molecule has 1 rings (SSSR count). The average molecular weight is 302 g/mol. The number of amides is 1. The second kappa shape index (κ2) is 5.68. The molecule has 1 atom stereocenters. The minimum atomic E-state index is -1.76. The molecule has 0 unspecified atom stereocenters. The molecule has 0 aromatic rings. The van der Waals surface area contributed by atoms with Crippen LogP contribution in [-0.2, 0) is 9.16 Å². The summed E-state index contributed by atoms with van der Waals surface area (Å²) in [6.07, 6.45) is 0.841. The first-order valence-electron chi connectivity index (χ1n) is 7.47. The summed E-state index contributed by atoms with van der Waals surface area (Å²) in [5.41, 5.74) is -0.435. The van der Waals surface area contributed by atoms with Crippen molar-refractivity contribution >= 4 is 14.4 Å². The molecule has 0 bridgehead atoms. The van der Waals surface area contributed by atoms with Gasteiger partial charge in [-0.25, -0.2) is 4.79 Å². The molecule has 4 nitrogen and oxygen atoms in total. The number of likely N-dealkylation sites (tertiary alicyclic amines) is 1. The van der Waals surface area contributed by atoms with Crippen LogP contribution in [-0.4, -0.2) is 44.1 Å². The van der Waals surface area contributed by atoms with E-state index in [2.05, 4.69) is 33.9 Å². The van der Waals surface area contributed by atoms with Crippen molar-refractivity contribution in [1.29, 1.82) is 0 Å². The topological polar surface area (TPSA) is 38.8 Å². The van der Waals surface area contributed by atoms with Crippen molar-refractivity contribution in [2.24, 2.45) is 0 Å². The number of nitrogens with zero attached hydrogens (tertiary/aromatic N) is 1. The zero-order valence-electron chi connectivity index (χ0n) is 14.4. The zero-order valence-corrected chi connectivity index (χ0v) is 15.4. The number of rotatable bonds is 2. The van der Waals surface area contributed by atoms with E-state index in [1.54, 1.807) is 4.90 Å². The van der Waals surface area contributed by atoms with Crippen molar-refractivity contribution in [3.8, 4) is 0 Å². The summed E-state index contributed by atoms with van der Waals surface area (Å²) in [4.78, 5) is 13.8. The minimum Gasteiger partial charge on any atom is -0.444 e. The van der Waals surface area contributed by atoms with Gasteiger partial charge in [0.1, 0.15) is 5.60 Å². The van der Waals surface area contributed by atoms with Crippen molar-refractivity contribution in [3.63, 3.8) is 0 Å². The molecule has 1 saturated heterocycles. The third-order valence-corrected chi connectivity index (χ3v) is 8.60. The van der Waals surface area contributed by atoms with Crippen LogP contribution in [0.3, 0.4) is 0 Å². The Hall–Kier alpha value is -0.553. The molecule has 0 N–H and O–H groups in total. The number of ether oxygens (including phenoxy) is 1. The summed E-state index contributed by atoms with van der Waals surface area (Å²) in [7, 11) is -1.76. The number of carbonyl (C=O) groups is 1. The maximum atomic E-state index is 12.0. The Morgan fingerprint density at radius 3 is 2.15 bits per heavy atom. The number of carbonyl (C=O) groups excluding carboxylic acids is 1. The van der Waals surface area contributed by atoms with Crippen LogP contribution in [0.25, 0.3) is 0 Å². The fourth-order valence-electron chi connectivity index (χ4n) is 1.91. The molecule has 1 heterocycles. The Kier molecular flexibility index (Phi) is 4.97. The predicted octanol–water partition coefficient (Wildman–Crippen LogP) is 4.02. The summed E-state index contributed by atoms with van der Waals surface area (Å²) < 4.78 is 11.8. The van der Waals surface area contributed by atoms with E-state index < -0.39 is 13.9 Å². The molecule has 0 saturated carbocycles. The highest BCUT2D eigenvalue weighted by atomic mass is 28.4. The average Bonchev–Trinajstić information content (AvgIpc) is 2.60. The predicted molar refractivity (Wildman–Crippen MR) is 84.5 cm³/mol. The lowest BCUT2D eigenvalue weighted by molar-refractivity contribution is 0.0273. The molecule has 0 radical (unpaired) electrons. The van der Waals surface area contributed by atoms with Gasteiger partial charge in [-0.3, -0.25) is 0 Å². The molecule has 5 heteroatoms. The number of hydrogen-bond donors (Lipinski definition) is 0. The molecule has 0 aromatic heterocycles. The molecule has 0 spiro atoms. The molecule has 20 heavy (non-hydrogen) atoms. The summed E-state index contributed by atoms with van der Waals surface area (Å²) in [5, 5.41) is 0.201. The Bertz CT molecular complexity index is 355. The largest absolute Gasteiger partial charge is 0.444 e. The first kappa shape index (κ1) is 17.5. The van der Waals surface area contributed by atoms with Gasteiger partial charge in [-0.15, -0.1) is 0 Å². The van der Waals surface area contributed by atoms with Gasteiger partial charge >= 0.3 is 6.09 Å².